The zero-order valence-corrected chi connectivity index (χ0v) is 15.8. The van der Waals surface area contributed by atoms with Gasteiger partial charge in [-0.3, -0.25) is 9.78 Å². The van der Waals surface area contributed by atoms with E-state index < -0.39 is 11.6 Å². The van der Waals surface area contributed by atoms with Crippen LogP contribution in [-0.4, -0.2) is 11.0 Å². The summed E-state index contributed by atoms with van der Waals surface area (Å²) in [5.41, 5.74) is 2.83. The van der Waals surface area contributed by atoms with E-state index in [1.165, 1.54) is 6.07 Å². The van der Waals surface area contributed by atoms with Gasteiger partial charge in [-0.2, -0.15) is 0 Å². The molecule has 4 rings (SSSR count). The minimum absolute atomic E-state index is 0.0431. The van der Waals surface area contributed by atoms with Crippen molar-refractivity contribution in [1.29, 1.82) is 0 Å². The first-order chi connectivity index (χ1) is 13.5. The Morgan fingerprint density at radius 2 is 1.96 bits per heavy atom. The second kappa shape index (κ2) is 7.44. The van der Waals surface area contributed by atoms with Crippen LogP contribution in [0.1, 0.15) is 16.7 Å². The van der Waals surface area contributed by atoms with Crippen molar-refractivity contribution in [3.8, 4) is 0 Å². The zero-order chi connectivity index (χ0) is 19.7. The SMILES string of the molecule is Cc1cc2oc(=O)cc(COC(=O)Cc3cccc4cccnc34)c2cc1Cl. The number of carbonyl (C=O) groups is 1. The van der Waals surface area contributed by atoms with E-state index in [0.717, 1.165) is 22.0 Å². The number of pyridine rings is 1. The fraction of sp³-hybridized carbons (Fsp3) is 0.136. The maximum atomic E-state index is 12.4. The Hall–Kier alpha value is -3.18. The average molecular weight is 394 g/mol. The van der Waals surface area contributed by atoms with Gasteiger partial charge in [0.2, 0.25) is 0 Å². The Morgan fingerprint density at radius 3 is 2.82 bits per heavy atom. The summed E-state index contributed by atoms with van der Waals surface area (Å²) in [6.07, 6.45) is 1.78. The number of fused-ring (bicyclic) bond motifs is 2. The lowest BCUT2D eigenvalue weighted by Crippen LogP contribution is -2.10. The fourth-order valence-electron chi connectivity index (χ4n) is 3.14. The Morgan fingerprint density at radius 1 is 1.14 bits per heavy atom. The average Bonchev–Trinajstić information content (AvgIpc) is 2.68. The van der Waals surface area contributed by atoms with Crippen LogP contribution in [0.25, 0.3) is 21.9 Å². The molecule has 0 N–H and O–H groups in total. The van der Waals surface area contributed by atoms with E-state index in [2.05, 4.69) is 4.98 Å². The molecule has 2 aromatic heterocycles. The lowest BCUT2D eigenvalue weighted by molar-refractivity contribution is -0.144. The van der Waals surface area contributed by atoms with E-state index in [1.807, 2.05) is 37.3 Å². The number of aromatic nitrogens is 1. The number of carbonyl (C=O) groups excluding carboxylic acids is 1. The number of ether oxygens (including phenoxy) is 1. The number of para-hydroxylation sites is 1. The minimum atomic E-state index is -0.501. The number of rotatable bonds is 4. The smallest absolute Gasteiger partial charge is 0.336 e. The number of hydrogen-bond donors (Lipinski definition) is 0. The maximum absolute atomic E-state index is 12.4. The Kier molecular flexibility index (Phi) is 4.84. The molecule has 0 fully saturated rings. The van der Waals surface area contributed by atoms with E-state index in [0.29, 0.717) is 21.6 Å². The van der Waals surface area contributed by atoms with E-state index >= 15 is 0 Å². The van der Waals surface area contributed by atoms with Gasteiger partial charge in [0.1, 0.15) is 12.2 Å². The molecule has 6 heteroatoms. The van der Waals surface area contributed by atoms with E-state index in [-0.39, 0.29) is 13.0 Å². The Labute approximate surface area is 165 Å². The summed E-state index contributed by atoms with van der Waals surface area (Å²) in [5.74, 6) is -0.405. The molecule has 4 aromatic rings. The topological polar surface area (TPSA) is 69.4 Å². The van der Waals surface area contributed by atoms with Crippen molar-refractivity contribution in [3.05, 3.63) is 86.9 Å². The number of aryl methyl sites for hydroxylation is 1. The van der Waals surface area contributed by atoms with Crippen molar-refractivity contribution in [2.24, 2.45) is 0 Å². The maximum Gasteiger partial charge on any atom is 0.336 e. The van der Waals surface area contributed by atoms with Crippen LogP contribution >= 0.6 is 11.6 Å². The van der Waals surface area contributed by atoms with Crippen molar-refractivity contribution >= 4 is 39.4 Å². The summed E-state index contributed by atoms with van der Waals surface area (Å²) in [7, 11) is 0. The van der Waals surface area contributed by atoms with Gasteiger partial charge in [-0.05, 0) is 36.2 Å². The van der Waals surface area contributed by atoms with Crippen LogP contribution < -0.4 is 5.63 Å². The molecule has 0 unspecified atom stereocenters. The third kappa shape index (κ3) is 3.62. The van der Waals surface area contributed by atoms with Gasteiger partial charge in [-0.1, -0.05) is 35.9 Å². The molecule has 0 saturated heterocycles. The highest BCUT2D eigenvalue weighted by atomic mass is 35.5. The molecule has 0 bridgehead atoms. The normalized spacial score (nSPS) is 11.1. The molecular weight excluding hydrogens is 378 g/mol. The van der Waals surface area contributed by atoms with Gasteiger partial charge in [0, 0.05) is 33.6 Å². The highest BCUT2D eigenvalue weighted by Crippen LogP contribution is 2.25. The highest BCUT2D eigenvalue weighted by Gasteiger charge is 2.13. The number of esters is 1. The van der Waals surface area contributed by atoms with Gasteiger partial charge in [-0.15, -0.1) is 0 Å². The van der Waals surface area contributed by atoms with Crippen LogP contribution in [0.3, 0.4) is 0 Å². The molecule has 2 heterocycles. The first-order valence-electron chi connectivity index (χ1n) is 8.72. The lowest BCUT2D eigenvalue weighted by atomic mass is 10.1. The van der Waals surface area contributed by atoms with Crippen molar-refractivity contribution < 1.29 is 13.9 Å². The third-order valence-electron chi connectivity index (χ3n) is 4.55. The van der Waals surface area contributed by atoms with Crippen LogP contribution in [0.2, 0.25) is 5.02 Å². The molecule has 0 aliphatic rings. The van der Waals surface area contributed by atoms with E-state index in [4.69, 9.17) is 20.8 Å². The summed E-state index contributed by atoms with van der Waals surface area (Å²) in [6.45, 7) is 1.78. The van der Waals surface area contributed by atoms with Crippen molar-refractivity contribution in [2.75, 3.05) is 0 Å². The molecule has 0 amide bonds. The molecule has 140 valence electrons. The van der Waals surface area contributed by atoms with E-state index in [9.17, 15) is 9.59 Å². The van der Waals surface area contributed by atoms with Crippen molar-refractivity contribution in [3.63, 3.8) is 0 Å². The van der Waals surface area contributed by atoms with Gasteiger partial charge in [0.25, 0.3) is 0 Å². The number of hydrogen-bond acceptors (Lipinski definition) is 5. The summed E-state index contributed by atoms with van der Waals surface area (Å²) in [4.78, 5) is 28.6. The lowest BCUT2D eigenvalue weighted by Gasteiger charge is -2.09. The van der Waals surface area contributed by atoms with Crippen LogP contribution in [0.5, 0.6) is 0 Å². The standard InChI is InChI=1S/C22H16ClNO4/c1-13-8-19-17(11-18(13)23)16(10-21(26)28-19)12-27-20(25)9-15-5-2-4-14-6-3-7-24-22(14)15/h2-8,10-11H,9,12H2,1H3. The zero-order valence-electron chi connectivity index (χ0n) is 15.1. The molecular formula is C22H16ClNO4. The van der Waals surface area contributed by atoms with Crippen LogP contribution in [0, 0.1) is 6.92 Å². The second-order valence-electron chi connectivity index (χ2n) is 6.52. The molecule has 28 heavy (non-hydrogen) atoms. The van der Waals surface area contributed by atoms with Gasteiger partial charge < -0.3 is 9.15 Å². The molecule has 0 atom stereocenters. The molecule has 0 aliphatic carbocycles. The quantitative estimate of drug-likeness (QED) is 0.374. The Bertz CT molecular complexity index is 1260. The van der Waals surface area contributed by atoms with Crippen LogP contribution in [-0.2, 0) is 22.6 Å². The Balaban J connectivity index is 1.57. The number of nitrogens with zero attached hydrogens (tertiary/aromatic N) is 1. The molecule has 0 radical (unpaired) electrons. The largest absolute Gasteiger partial charge is 0.461 e. The molecule has 0 saturated carbocycles. The summed E-state index contributed by atoms with van der Waals surface area (Å²) >= 11 is 6.19. The first kappa shape index (κ1) is 18.2. The predicted molar refractivity (Wildman–Crippen MR) is 107 cm³/mol. The van der Waals surface area contributed by atoms with Crippen LogP contribution in [0.15, 0.2) is 63.9 Å². The van der Waals surface area contributed by atoms with Crippen LogP contribution in [0.4, 0.5) is 0 Å². The molecule has 0 spiro atoms. The predicted octanol–water partition coefficient (Wildman–Crippen LogP) is 4.59. The van der Waals surface area contributed by atoms with Gasteiger partial charge >= 0.3 is 11.6 Å². The summed E-state index contributed by atoms with van der Waals surface area (Å²) in [6, 6.07) is 14.2. The van der Waals surface area contributed by atoms with Gasteiger partial charge in [-0.25, -0.2) is 4.79 Å². The summed E-state index contributed by atoms with van der Waals surface area (Å²) < 4.78 is 10.6. The van der Waals surface area contributed by atoms with Gasteiger partial charge in [0.05, 0.1) is 11.9 Å². The monoisotopic (exact) mass is 393 g/mol. The summed E-state index contributed by atoms with van der Waals surface area (Å²) in [5, 5.41) is 2.16. The number of halogens is 1. The minimum Gasteiger partial charge on any atom is -0.461 e. The molecule has 0 aliphatic heterocycles. The molecule has 5 nitrogen and oxygen atoms in total. The first-order valence-corrected chi connectivity index (χ1v) is 9.10. The third-order valence-corrected chi connectivity index (χ3v) is 4.96. The van der Waals surface area contributed by atoms with E-state index in [1.54, 1.807) is 18.3 Å². The second-order valence-corrected chi connectivity index (χ2v) is 6.93. The van der Waals surface area contributed by atoms with Crippen molar-refractivity contribution in [2.45, 2.75) is 20.0 Å². The fourth-order valence-corrected chi connectivity index (χ4v) is 3.31. The van der Waals surface area contributed by atoms with Crippen molar-refractivity contribution in [1.82, 2.24) is 4.98 Å². The number of benzene rings is 2. The highest BCUT2D eigenvalue weighted by molar-refractivity contribution is 6.32. The molecule has 2 aromatic carbocycles. The van der Waals surface area contributed by atoms with Gasteiger partial charge in [0.15, 0.2) is 0 Å².